The Balaban J connectivity index is -0.000000884. The standard InChI is InChI=1S/2C23H50NO.C6H10O4/c2*1-5-8-10-12-14-16-18-20-22-24(7-3,25-4)23-21-19-17-15-13-11-9-6-2;7-5(8)3-1-2-4-6(9)10/h2*5-23H2,1-4H3;1-4H2,(H,7,8)(H,9,10)/q2*+1;/p-2. The van der Waals surface area contributed by atoms with Crippen LogP contribution in [0, 0.1) is 0 Å². The van der Waals surface area contributed by atoms with E-state index in [-0.39, 0.29) is 12.8 Å². The zero-order valence-electron chi connectivity index (χ0n) is 42.0. The van der Waals surface area contributed by atoms with Gasteiger partial charge in [-0.05, 0) is 90.9 Å². The molecule has 0 aromatic heterocycles. The van der Waals surface area contributed by atoms with Crippen molar-refractivity contribution in [2.24, 2.45) is 0 Å². The fraction of sp³-hybridized carbons (Fsp3) is 0.962. The van der Waals surface area contributed by atoms with Crippen molar-refractivity contribution in [1.29, 1.82) is 0 Å². The topological polar surface area (TPSA) is 98.7 Å². The molecule has 0 saturated carbocycles. The average Bonchev–Trinajstić information content (AvgIpc) is 3.25. The number of carboxylic acids is 2. The summed E-state index contributed by atoms with van der Waals surface area (Å²) in [5, 5.41) is 19.5. The molecule has 362 valence electrons. The third-order valence-corrected chi connectivity index (χ3v) is 12.6. The molecule has 0 N–H and O–H groups in total. The van der Waals surface area contributed by atoms with Gasteiger partial charge in [0.25, 0.3) is 0 Å². The van der Waals surface area contributed by atoms with Crippen LogP contribution < -0.4 is 10.2 Å². The van der Waals surface area contributed by atoms with Crippen molar-refractivity contribution < 1.29 is 38.8 Å². The average molecular weight is 857 g/mol. The van der Waals surface area contributed by atoms with Crippen LogP contribution in [0.2, 0.25) is 0 Å². The summed E-state index contributed by atoms with van der Waals surface area (Å²) >= 11 is 0. The maximum atomic E-state index is 9.77. The first-order chi connectivity index (χ1) is 29.1. The quantitative estimate of drug-likeness (QED) is 0.0344. The van der Waals surface area contributed by atoms with Gasteiger partial charge in [-0.25, -0.2) is 9.68 Å². The molecule has 0 bridgehead atoms. The lowest BCUT2D eigenvalue weighted by atomic mass is 10.1. The van der Waals surface area contributed by atoms with Crippen molar-refractivity contribution in [3.05, 3.63) is 0 Å². The second kappa shape index (κ2) is 50.4. The van der Waals surface area contributed by atoms with E-state index in [4.69, 9.17) is 9.68 Å². The van der Waals surface area contributed by atoms with Crippen LogP contribution in [0.25, 0.3) is 0 Å². The van der Waals surface area contributed by atoms with Gasteiger partial charge in [0, 0.05) is 11.9 Å². The highest BCUT2D eigenvalue weighted by atomic mass is 16.7. The Hall–Kier alpha value is -1.22. The summed E-state index contributed by atoms with van der Waals surface area (Å²) in [7, 11) is 3.83. The molecule has 0 unspecified atom stereocenters. The fourth-order valence-electron chi connectivity index (χ4n) is 8.15. The van der Waals surface area contributed by atoms with E-state index in [1.54, 1.807) is 0 Å². The van der Waals surface area contributed by atoms with Crippen LogP contribution in [0.5, 0.6) is 0 Å². The molecule has 0 aliphatic heterocycles. The number of carbonyl (C=O) groups is 2. The Morgan fingerprint density at radius 1 is 0.317 bits per heavy atom. The molecule has 8 nitrogen and oxygen atoms in total. The number of aliphatic carboxylic acids is 2. The molecule has 0 atom stereocenters. The van der Waals surface area contributed by atoms with Gasteiger partial charge >= 0.3 is 0 Å². The molecule has 0 saturated heterocycles. The molecular weight excluding hydrogens is 749 g/mol. The number of carbonyl (C=O) groups excluding carboxylic acids is 2. The van der Waals surface area contributed by atoms with E-state index in [0.717, 1.165) is 22.4 Å². The monoisotopic (exact) mass is 857 g/mol. The number of hydroxylamine groups is 6. The van der Waals surface area contributed by atoms with Crippen molar-refractivity contribution in [1.82, 2.24) is 0 Å². The number of hydrogen-bond donors (Lipinski definition) is 0. The summed E-state index contributed by atoms with van der Waals surface area (Å²) < 4.78 is 1.76. The van der Waals surface area contributed by atoms with E-state index in [1.165, 1.54) is 232 Å². The van der Waals surface area contributed by atoms with Gasteiger partial charge in [0.1, 0.15) is 39.3 Å². The third kappa shape index (κ3) is 46.3. The van der Waals surface area contributed by atoms with Gasteiger partial charge in [0.15, 0.2) is 0 Å². The summed E-state index contributed by atoms with van der Waals surface area (Å²) in [4.78, 5) is 31.4. The van der Waals surface area contributed by atoms with Gasteiger partial charge in [-0.1, -0.05) is 182 Å². The minimum Gasteiger partial charge on any atom is -0.550 e. The third-order valence-electron chi connectivity index (χ3n) is 12.6. The van der Waals surface area contributed by atoms with Crippen LogP contribution in [-0.4, -0.2) is 74.7 Å². The maximum absolute atomic E-state index is 9.77. The first-order valence-electron chi connectivity index (χ1n) is 26.3. The van der Waals surface area contributed by atoms with Gasteiger partial charge in [0.2, 0.25) is 0 Å². The Kier molecular flexibility index (Phi) is 53.0. The van der Waals surface area contributed by atoms with Gasteiger partial charge in [0.05, 0.1) is 14.2 Å². The van der Waals surface area contributed by atoms with Crippen LogP contribution in [0.4, 0.5) is 0 Å². The highest BCUT2D eigenvalue weighted by molar-refractivity contribution is 5.65. The van der Waals surface area contributed by atoms with E-state index < -0.39 is 11.9 Å². The van der Waals surface area contributed by atoms with Gasteiger partial charge in [-0.3, -0.25) is 0 Å². The minimum absolute atomic E-state index is 0.0761. The molecule has 0 aromatic rings. The summed E-state index contributed by atoms with van der Waals surface area (Å²) in [5.41, 5.74) is 0. The predicted octanol–water partition coefficient (Wildman–Crippen LogP) is 13.4. The summed E-state index contributed by atoms with van der Waals surface area (Å²) in [6.45, 7) is 20.8. The summed E-state index contributed by atoms with van der Waals surface area (Å²) in [6, 6.07) is 0. The van der Waals surface area contributed by atoms with Crippen LogP contribution in [0.15, 0.2) is 0 Å². The number of hydrogen-bond acceptors (Lipinski definition) is 6. The lowest BCUT2D eigenvalue weighted by Gasteiger charge is -2.33. The first kappa shape index (κ1) is 63.1. The molecule has 0 rings (SSSR count). The molecule has 60 heavy (non-hydrogen) atoms. The van der Waals surface area contributed by atoms with Crippen molar-refractivity contribution in [3.8, 4) is 0 Å². The molecule has 0 spiro atoms. The second-order valence-corrected chi connectivity index (χ2v) is 17.9. The van der Waals surface area contributed by atoms with Crippen molar-refractivity contribution in [2.45, 2.75) is 273 Å². The number of carboxylic acid groups (broad SMARTS) is 2. The first-order valence-corrected chi connectivity index (χ1v) is 26.3. The normalized spacial score (nSPS) is 11.5. The highest BCUT2D eigenvalue weighted by Crippen LogP contribution is 2.18. The van der Waals surface area contributed by atoms with Gasteiger partial charge in [-0.15, -0.1) is 0 Å². The number of unbranched alkanes of at least 4 members (excludes halogenated alkanes) is 29. The molecule has 0 amide bonds. The largest absolute Gasteiger partial charge is 0.550 e. The van der Waals surface area contributed by atoms with Crippen molar-refractivity contribution in [2.75, 3.05) is 53.5 Å². The zero-order chi connectivity index (χ0) is 45.3. The molecule has 8 heteroatoms. The number of rotatable bonds is 45. The number of quaternary nitrogens is 2. The smallest absolute Gasteiger partial charge is 0.109 e. The molecule has 0 radical (unpaired) electrons. The van der Waals surface area contributed by atoms with Gasteiger partial charge < -0.3 is 19.8 Å². The molecular formula is C52H108N2O6. The summed E-state index contributed by atoms with van der Waals surface area (Å²) in [6.07, 6.45) is 45.3. The summed E-state index contributed by atoms with van der Waals surface area (Å²) in [5.74, 6) is -2.28. The van der Waals surface area contributed by atoms with Crippen LogP contribution in [0.3, 0.4) is 0 Å². The Bertz CT molecular complexity index is 736. The molecule has 0 aliphatic rings. The Labute approximate surface area is 375 Å². The molecule has 0 fully saturated rings. The SMILES string of the molecule is CCCCCCCCCC[N+](CC)(CCCCCCCCCC)OC.CCCCCCCCCC[N+](CC)(CCCCCCCCCC)OC.O=C([O-])CCCCC(=O)[O-]. The lowest BCUT2D eigenvalue weighted by molar-refractivity contribution is -1.10. The Morgan fingerprint density at radius 3 is 0.650 bits per heavy atom. The van der Waals surface area contributed by atoms with E-state index in [0.29, 0.717) is 12.8 Å². The van der Waals surface area contributed by atoms with E-state index >= 15 is 0 Å². The van der Waals surface area contributed by atoms with E-state index in [9.17, 15) is 19.8 Å². The van der Waals surface area contributed by atoms with Crippen LogP contribution >= 0.6 is 0 Å². The fourth-order valence-corrected chi connectivity index (χ4v) is 8.15. The minimum atomic E-state index is -1.14. The van der Waals surface area contributed by atoms with Crippen LogP contribution in [0.1, 0.15) is 273 Å². The molecule has 0 aromatic carbocycles. The van der Waals surface area contributed by atoms with Crippen LogP contribution in [-0.2, 0) is 19.3 Å². The Morgan fingerprint density at radius 2 is 0.500 bits per heavy atom. The van der Waals surface area contributed by atoms with E-state index in [2.05, 4.69) is 41.5 Å². The van der Waals surface area contributed by atoms with E-state index in [1.807, 2.05) is 14.2 Å². The van der Waals surface area contributed by atoms with Crippen molar-refractivity contribution >= 4 is 11.9 Å². The van der Waals surface area contributed by atoms with Gasteiger partial charge in [-0.2, -0.15) is 9.29 Å². The molecule has 0 aliphatic carbocycles. The second-order valence-electron chi connectivity index (χ2n) is 17.9. The maximum Gasteiger partial charge on any atom is 0.109 e. The predicted molar refractivity (Wildman–Crippen MR) is 254 cm³/mol. The molecule has 0 heterocycles. The number of nitrogens with zero attached hydrogens (tertiary/aromatic N) is 2. The lowest BCUT2D eigenvalue weighted by Crippen LogP contribution is -2.48. The van der Waals surface area contributed by atoms with Crippen molar-refractivity contribution in [3.63, 3.8) is 0 Å². The zero-order valence-corrected chi connectivity index (χ0v) is 42.0. The highest BCUT2D eigenvalue weighted by Gasteiger charge is 2.26.